The van der Waals surface area contributed by atoms with Gasteiger partial charge < -0.3 is 72.2 Å². The van der Waals surface area contributed by atoms with Crippen molar-refractivity contribution in [1.29, 1.82) is 0 Å². The van der Waals surface area contributed by atoms with E-state index in [1.54, 1.807) is 0 Å². The number of unbranched alkanes of at least 4 members (excludes halogenated alkanes) is 1. The van der Waals surface area contributed by atoms with Crippen molar-refractivity contribution in [3.05, 3.63) is 0 Å². The molecule has 0 fully saturated rings. The van der Waals surface area contributed by atoms with E-state index in [1.807, 2.05) is 27.7 Å². The zero-order valence-corrected chi connectivity index (χ0v) is 47.0. The molecular formula is C52H94N14O12. The fraction of sp³-hybridized carbons (Fsp3) is 0.750. The minimum absolute atomic E-state index is 0.00106. The molecule has 0 saturated carbocycles. The second kappa shape index (κ2) is 38.1. The molecule has 0 aliphatic rings. The molecule has 7 amide bonds. The normalized spacial score (nSPS) is 15.1. The quantitative estimate of drug-likeness (QED) is 0.0190. The second-order valence-electron chi connectivity index (χ2n) is 21.3. The molecule has 21 N–H and O–H groups in total. The Morgan fingerprint density at radius 3 is 1.27 bits per heavy atom. The van der Waals surface area contributed by atoms with Gasteiger partial charge in [0, 0.05) is 75.3 Å². The molecule has 0 radical (unpaired) electrons. The molecule has 26 nitrogen and oxygen atoms in total. The van der Waals surface area contributed by atoms with Gasteiger partial charge in [0.05, 0.1) is 36.2 Å². The van der Waals surface area contributed by atoms with Crippen LogP contribution in [-0.4, -0.2) is 131 Å². The fourth-order valence-electron chi connectivity index (χ4n) is 8.46. The van der Waals surface area contributed by atoms with Gasteiger partial charge in [-0.1, -0.05) is 48.0 Å². The highest BCUT2D eigenvalue weighted by Crippen LogP contribution is 2.23. The number of guanidine groups is 2. The highest BCUT2D eigenvalue weighted by molar-refractivity contribution is 5.98. The van der Waals surface area contributed by atoms with E-state index < -0.39 is 138 Å². The number of rotatable bonds is 44. The lowest BCUT2D eigenvalue weighted by molar-refractivity contribution is -0.136. The van der Waals surface area contributed by atoms with Crippen LogP contribution in [0.25, 0.3) is 0 Å². The van der Waals surface area contributed by atoms with Gasteiger partial charge >= 0.3 is 0 Å². The predicted molar refractivity (Wildman–Crippen MR) is 294 cm³/mol. The highest BCUT2D eigenvalue weighted by atomic mass is 16.3. The van der Waals surface area contributed by atoms with Crippen molar-refractivity contribution in [3.8, 4) is 0 Å². The van der Waals surface area contributed by atoms with E-state index in [9.17, 15) is 57.8 Å². The number of aliphatic imine (C=N–C) groups is 2. The van der Waals surface area contributed by atoms with Crippen molar-refractivity contribution < 1.29 is 57.8 Å². The van der Waals surface area contributed by atoms with Gasteiger partial charge in [-0.15, -0.1) is 0 Å². The van der Waals surface area contributed by atoms with Crippen LogP contribution in [-0.2, 0) is 52.7 Å². The monoisotopic (exact) mass is 1110 g/mol. The summed E-state index contributed by atoms with van der Waals surface area (Å²) in [6, 6.07) is -4.84. The maximum Gasteiger partial charge on any atom is 0.226 e. The van der Waals surface area contributed by atoms with Crippen molar-refractivity contribution in [1.82, 2.24) is 21.3 Å². The average molecular weight is 1110 g/mol. The molecule has 0 aromatic carbocycles. The Kier molecular flexibility index (Phi) is 34.9. The molecule has 444 valence electrons. The molecule has 26 heteroatoms. The molecule has 0 saturated heterocycles. The number of nitrogens with one attached hydrogen (secondary N) is 4. The van der Waals surface area contributed by atoms with Gasteiger partial charge in [-0.05, 0) is 89.5 Å². The zero-order chi connectivity index (χ0) is 59.8. The van der Waals surface area contributed by atoms with Crippen LogP contribution in [0.15, 0.2) is 9.98 Å². The predicted octanol–water partition coefficient (Wildman–Crippen LogP) is -1.39. The number of aliphatic hydroxyl groups is 1. The summed E-state index contributed by atoms with van der Waals surface area (Å²) in [6.07, 6.45) is -1.81. The van der Waals surface area contributed by atoms with E-state index >= 15 is 0 Å². The van der Waals surface area contributed by atoms with Crippen LogP contribution in [0.1, 0.15) is 158 Å². The maximum absolute atomic E-state index is 14.3. The molecule has 0 aromatic rings. The summed E-state index contributed by atoms with van der Waals surface area (Å²) in [4.78, 5) is 155. The van der Waals surface area contributed by atoms with E-state index in [0.717, 1.165) is 0 Å². The minimum atomic E-state index is -1.44. The summed E-state index contributed by atoms with van der Waals surface area (Å²) < 4.78 is 0. The lowest BCUT2D eigenvalue weighted by Gasteiger charge is -2.26. The standard InChI is InChI=1S/C52H94N14O12/c1-28(2)22-35(46(56)74)27-43(71)39(23-29(3)4)66-49(77)33(12-8-9-19-53)25-41(69)36(13-10-20-61-51(57)58)63-47(75)30(5)24-40(68)38(16-18-45(55)73)65-50(78)34(15-17-44(54)72)26-42(70)37(14-11-21-62-52(59)60)64-48(76)31(6)32(7)67/h28-39,67H,8-27,53H2,1-7H3,(H2,54,72)(H2,55,73)(H2,56,74)(H,63,75)(H,64,76)(H,65,78)(H,66,77)(H4,57,58,61)(H4,59,60,62)/t30-,31+,32-,33-,34-,35-,36+,37+,38+,39+/m1/s1. The molecule has 0 aliphatic carbocycles. The topological polar surface area (TPSA) is 489 Å². The van der Waals surface area contributed by atoms with Gasteiger partial charge in [-0.2, -0.15) is 0 Å². The Morgan fingerprint density at radius 2 is 0.833 bits per heavy atom. The number of ketones is 4. The summed E-state index contributed by atoms with van der Waals surface area (Å²) in [6.45, 7) is 12.3. The average Bonchev–Trinajstić information content (AvgIpc) is 3.33. The number of hydrogen-bond acceptors (Lipinski definition) is 15. The Morgan fingerprint density at radius 1 is 0.436 bits per heavy atom. The van der Waals surface area contributed by atoms with Gasteiger partial charge in [0.2, 0.25) is 41.4 Å². The number of Topliss-reactive ketones (excluding diaryl/α,β-unsaturated/α-hetero) is 4. The Balaban J connectivity index is 6.78. The summed E-state index contributed by atoms with van der Waals surface area (Å²) >= 11 is 0. The third-order valence-corrected chi connectivity index (χ3v) is 13.2. The highest BCUT2D eigenvalue weighted by Gasteiger charge is 2.35. The summed E-state index contributed by atoms with van der Waals surface area (Å²) in [7, 11) is 0. The lowest BCUT2D eigenvalue weighted by Crippen LogP contribution is -2.49. The lowest BCUT2D eigenvalue weighted by atomic mass is 9.87. The van der Waals surface area contributed by atoms with Crippen molar-refractivity contribution in [2.75, 3.05) is 19.6 Å². The zero-order valence-electron chi connectivity index (χ0n) is 47.0. The molecule has 10 atom stereocenters. The first kappa shape index (κ1) is 71.4. The first-order valence-electron chi connectivity index (χ1n) is 27.1. The summed E-state index contributed by atoms with van der Waals surface area (Å²) in [5.74, 6) is -12.9. The number of aliphatic hydroxyl groups excluding tert-OH is 1. The minimum Gasteiger partial charge on any atom is -0.393 e. The molecule has 0 unspecified atom stereocenters. The van der Waals surface area contributed by atoms with Crippen molar-refractivity contribution in [2.24, 2.45) is 97.3 Å². The fourth-order valence-corrected chi connectivity index (χ4v) is 8.46. The van der Waals surface area contributed by atoms with Crippen LogP contribution in [0.5, 0.6) is 0 Å². The number of carbonyl (C=O) groups excluding carboxylic acids is 11. The molecule has 0 heterocycles. The van der Waals surface area contributed by atoms with Gasteiger partial charge in [0.15, 0.2) is 35.1 Å². The molecule has 78 heavy (non-hydrogen) atoms. The van der Waals surface area contributed by atoms with E-state index in [0.29, 0.717) is 25.8 Å². The first-order chi connectivity index (χ1) is 36.4. The first-order valence-corrected chi connectivity index (χ1v) is 27.1. The number of carbonyl (C=O) groups is 11. The van der Waals surface area contributed by atoms with E-state index in [4.69, 9.17) is 45.9 Å². The van der Waals surface area contributed by atoms with Crippen molar-refractivity contribution in [3.63, 3.8) is 0 Å². The molecular weight excluding hydrogens is 1010 g/mol. The van der Waals surface area contributed by atoms with E-state index in [1.165, 1.54) is 20.8 Å². The molecule has 0 aromatic heterocycles. The molecule has 0 bridgehead atoms. The second-order valence-corrected chi connectivity index (χ2v) is 21.3. The SMILES string of the molecule is CC(C)C[C@H](CC(=O)[C@H](CC(C)C)NC(=O)[C@H](CCCCN)CC(=O)[C@H](CCCN=C(N)N)NC(=O)[C@H](C)CC(=O)[C@H](CCC(N)=O)NC(=O)[C@H](CCC(N)=O)CC(=O)[C@H](CCCN=C(N)N)NC(=O)[C@@H](C)[C@@H](C)O)C(N)=O. The van der Waals surface area contributed by atoms with Gasteiger partial charge in [0.1, 0.15) is 0 Å². The Bertz CT molecular complexity index is 2060. The van der Waals surface area contributed by atoms with Crippen LogP contribution >= 0.6 is 0 Å². The number of nitrogens with two attached hydrogens (primary N) is 8. The molecule has 0 aliphatic heterocycles. The summed E-state index contributed by atoms with van der Waals surface area (Å²) in [5.41, 5.74) is 44.2. The van der Waals surface area contributed by atoms with Crippen LogP contribution in [0.2, 0.25) is 0 Å². The van der Waals surface area contributed by atoms with Gasteiger partial charge in [-0.25, -0.2) is 0 Å². The molecule has 0 rings (SSSR count). The molecule has 0 spiro atoms. The van der Waals surface area contributed by atoms with E-state index in [2.05, 4.69) is 31.3 Å². The number of nitrogens with zero attached hydrogens (tertiary/aromatic N) is 2. The largest absolute Gasteiger partial charge is 0.393 e. The van der Waals surface area contributed by atoms with Crippen LogP contribution < -0.4 is 67.1 Å². The van der Waals surface area contributed by atoms with Crippen LogP contribution in [0, 0.1) is 41.4 Å². The van der Waals surface area contributed by atoms with Crippen molar-refractivity contribution >= 4 is 76.4 Å². The Labute approximate surface area is 459 Å². The summed E-state index contributed by atoms with van der Waals surface area (Å²) in [5, 5.41) is 20.7. The van der Waals surface area contributed by atoms with Gasteiger partial charge in [-0.3, -0.25) is 62.7 Å². The maximum atomic E-state index is 14.3. The third-order valence-electron chi connectivity index (χ3n) is 13.2. The van der Waals surface area contributed by atoms with Crippen LogP contribution in [0.3, 0.4) is 0 Å². The smallest absolute Gasteiger partial charge is 0.226 e. The Hall–Kier alpha value is -6.57. The van der Waals surface area contributed by atoms with Gasteiger partial charge in [0.25, 0.3) is 0 Å². The van der Waals surface area contributed by atoms with E-state index in [-0.39, 0.29) is 113 Å². The van der Waals surface area contributed by atoms with Crippen LogP contribution in [0.4, 0.5) is 0 Å². The number of hydrogen-bond donors (Lipinski definition) is 13. The third kappa shape index (κ3) is 31.0. The number of primary amides is 3. The number of amides is 7. The van der Waals surface area contributed by atoms with Crippen molar-refractivity contribution in [2.45, 2.75) is 188 Å².